The Morgan fingerprint density at radius 3 is 2.35 bits per heavy atom. The molecule has 1 amide bonds. The second-order valence-corrected chi connectivity index (χ2v) is 6.16. The van der Waals surface area contributed by atoms with Crippen LogP contribution in [0.1, 0.15) is 35.8 Å². The summed E-state index contributed by atoms with van der Waals surface area (Å²) in [4.78, 5) is 12.5. The highest BCUT2D eigenvalue weighted by molar-refractivity contribution is 6.05. The molecule has 3 rings (SSSR count). The molecule has 0 fully saturated rings. The molecule has 0 saturated carbocycles. The third kappa shape index (κ3) is 3.51. The lowest BCUT2D eigenvalue weighted by molar-refractivity contribution is 0.102. The Morgan fingerprint density at radius 2 is 1.77 bits per heavy atom. The number of nitrogen functional groups attached to an aromatic ring is 1. The van der Waals surface area contributed by atoms with Gasteiger partial charge in [0.25, 0.3) is 5.91 Å². The van der Waals surface area contributed by atoms with Crippen LogP contribution in [0.4, 0.5) is 11.5 Å². The van der Waals surface area contributed by atoms with Crippen LogP contribution in [0.2, 0.25) is 0 Å². The molecule has 0 saturated heterocycles. The van der Waals surface area contributed by atoms with Gasteiger partial charge in [-0.3, -0.25) is 4.79 Å². The first kappa shape index (κ1) is 17.5. The summed E-state index contributed by atoms with van der Waals surface area (Å²) in [6, 6.07) is 14.8. The number of ether oxygens (including phenoxy) is 1. The van der Waals surface area contributed by atoms with Gasteiger partial charge in [0.1, 0.15) is 5.75 Å². The first-order valence-electron chi connectivity index (χ1n) is 8.26. The van der Waals surface area contributed by atoms with E-state index in [1.165, 1.54) is 10.2 Å². The van der Waals surface area contributed by atoms with Crippen LogP contribution in [0.25, 0.3) is 5.69 Å². The van der Waals surface area contributed by atoms with Crippen molar-refractivity contribution in [1.82, 2.24) is 15.0 Å². The molecule has 0 aliphatic heterocycles. The van der Waals surface area contributed by atoms with E-state index < -0.39 is 5.91 Å². The molecule has 7 nitrogen and oxygen atoms in total. The minimum Gasteiger partial charge on any atom is -0.497 e. The van der Waals surface area contributed by atoms with Crippen LogP contribution < -0.4 is 15.8 Å². The fourth-order valence-corrected chi connectivity index (χ4v) is 2.51. The van der Waals surface area contributed by atoms with E-state index in [1.54, 1.807) is 31.4 Å². The van der Waals surface area contributed by atoms with Gasteiger partial charge in [-0.2, -0.15) is 4.68 Å². The molecule has 1 aromatic heterocycles. The lowest BCUT2D eigenvalue weighted by Gasteiger charge is -2.08. The zero-order valence-corrected chi connectivity index (χ0v) is 14.9. The molecule has 2 aromatic carbocycles. The van der Waals surface area contributed by atoms with Gasteiger partial charge in [0.15, 0.2) is 11.5 Å². The predicted octanol–water partition coefficient (Wildman–Crippen LogP) is 3.23. The summed E-state index contributed by atoms with van der Waals surface area (Å²) in [5.74, 6) is 0.918. The maximum Gasteiger partial charge on any atom is 0.280 e. The average molecular weight is 351 g/mol. The van der Waals surface area contributed by atoms with E-state index in [-0.39, 0.29) is 11.5 Å². The number of methoxy groups -OCH3 is 1. The van der Waals surface area contributed by atoms with Gasteiger partial charge in [-0.15, -0.1) is 5.10 Å². The summed E-state index contributed by atoms with van der Waals surface area (Å²) in [6.45, 7) is 4.23. The molecule has 0 bridgehead atoms. The van der Waals surface area contributed by atoms with Crippen LogP contribution in [-0.4, -0.2) is 28.0 Å². The smallest absolute Gasteiger partial charge is 0.280 e. The summed E-state index contributed by atoms with van der Waals surface area (Å²) in [5, 5.41) is 10.7. The number of amides is 1. The number of rotatable bonds is 5. The number of anilines is 2. The van der Waals surface area contributed by atoms with Gasteiger partial charge in [-0.25, -0.2) is 0 Å². The SMILES string of the molecule is COc1ccc(-n2nnc(C(=O)Nc3ccc(C(C)C)cc3)c2N)cc1. The number of hydrogen-bond donors (Lipinski definition) is 2. The molecule has 0 atom stereocenters. The quantitative estimate of drug-likeness (QED) is 0.736. The molecular weight excluding hydrogens is 330 g/mol. The standard InChI is InChI=1S/C19H21N5O2/c1-12(2)13-4-6-14(7-5-13)21-19(25)17-18(20)24(23-22-17)15-8-10-16(26-3)11-9-15/h4-12H,20H2,1-3H3,(H,21,25). The number of carbonyl (C=O) groups is 1. The van der Waals surface area contributed by atoms with Gasteiger partial charge < -0.3 is 15.8 Å². The Bertz CT molecular complexity index is 899. The molecule has 3 N–H and O–H groups in total. The molecule has 26 heavy (non-hydrogen) atoms. The van der Waals surface area contributed by atoms with Crippen LogP contribution >= 0.6 is 0 Å². The van der Waals surface area contributed by atoms with Crippen molar-refractivity contribution in [2.75, 3.05) is 18.2 Å². The number of nitrogens with one attached hydrogen (secondary N) is 1. The largest absolute Gasteiger partial charge is 0.497 e. The molecule has 0 radical (unpaired) electrons. The van der Waals surface area contributed by atoms with E-state index in [1.807, 2.05) is 24.3 Å². The van der Waals surface area contributed by atoms with Crippen LogP contribution in [-0.2, 0) is 0 Å². The number of nitrogens with two attached hydrogens (primary N) is 1. The van der Waals surface area contributed by atoms with Crippen molar-refractivity contribution >= 4 is 17.4 Å². The Kier molecular flexibility index (Phi) is 4.88. The van der Waals surface area contributed by atoms with Gasteiger partial charge >= 0.3 is 0 Å². The summed E-state index contributed by atoms with van der Waals surface area (Å²) in [5.41, 5.74) is 8.72. The maximum absolute atomic E-state index is 12.5. The van der Waals surface area contributed by atoms with Crippen LogP contribution in [0.5, 0.6) is 5.75 Å². The van der Waals surface area contributed by atoms with Crippen LogP contribution in [0, 0.1) is 0 Å². The highest BCUT2D eigenvalue weighted by Crippen LogP contribution is 2.20. The summed E-state index contributed by atoms with van der Waals surface area (Å²) < 4.78 is 6.54. The van der Waals surface area contributed by atoms with E-state index in [2.05, 4.69) is 29.5 Å². The number of aromatic nitrogens is 3. The molecule has 0 aliphatic rings. The van der Waals surface area contributed by atoms with Gasteiger partial charge in [0, 0.05) is 5.69 Å². The minimum absolute atomic E-state index is 0.0776. The second-order valence-electron chi connectivity index (χ2n) is 6.16. The minimum atomic E-state index is -0.403. The van der Waals surface area contributed by atoms with Crippen molar-refractivity contribution in [3.8, 4) is 11.4 Å². The highest BCUT2D eigenvalue weighted by Gasteiger charge is 2.18. The van der Waals surface area contributed by atoms with Gasteiger partial charge in [0.05, 0.1) is 12.8 Å². The summed E-state index contributed by atoms with van der Waals surface area (Å²) in [6.07, 6.45) is 0. The van der Waals surface area contributed by atoms with Crippen molar-refractivity contribution < 1.29 is 9.53 Å². The number of carbonyl (C=O) groups excluding carboxylic acids is 1. The van der Waals surface area contributed by atoms with E-state index in [4.69, 9.17) is 10.5 Å². The van der Waals surface area contributed by atoms with Gasteiger partial charge in [-0.1, -0.05) is 31.2 Å². The first-order valence-corrected chi connectivity index (χ1v) is 8.26. The third-order valence-electron chi connectivity index (χ3n) is 4.07. The molecular formula is C19H21N5O2. The molecule has 134 valence electrons. The number of benzene rings is 2. The number of hydrogen-bond acceptors (Lipinski definition) is 5. The Balaban J connectivity index is 1.78. The molecule has 7 heteroatoms. The Hall–Kier alpha value is -3.35. The Labute approximate surface area is 151 Å². The zero-order valence-electron chi connectivity index (χ0n) is 14.9. The number of nitrogens with zero attached hydrogens (tertiary/aromatic N) is 3. The monoisotopic (exact) mass is 351 g/mol. The molecule has 0 aliphatic carbocycles. The predicted molar refractivity (Wildman–Crippen MR) is 101 cm³/mol. The van der Waals surface area contributed by atoms with Crippen molar-refractivity contribution in [2.24, 2.45) is 0 Å². The zero-order chi connectivity index (χ0) is 18.7. The van der Waals surface area contributed by atoms with E-state index >= 15 is 0 Å². The van der Waals surface area contributed by atoms with Gasteiger partial charge in [-0.05, 0) is 47.9 Å². The average Bonchev–Trinajstić information content (AvgIpc) is 3.04. The van der Waals surface area contributed by atoms with E-state index in [0.717, 1.165) is 5.75 Å². The molecule has 1 heterocycles. The molecule has 0 unspecified atom stereocenters. The third-order valence-corrected chi connectivity index (χ3v) is 4.07. The van der Waals surface area contributed by atoms with E-state index in [9.17, 15) is 4.79 Å². The van der Waals surface area contributed by atoms with Crippen LogP contribution in [0.15, 0.2) is 48.5 Å². The highest BCUT2D eigenvalue weighted by atomic mass is 16.5. The van der Waals surface area contributed by atoms with Gasteiger partial charge in [0.2, 0.25) is 0 Å². The summed E-state index contributed by atoms with van der Waals surface area (Å²) >= 11 is 0. The van der Waals surface area contributed by atoms with Crippen LogP contribution in [0.3, 0.4) is 0 Å². The maximum atomic E-state index is 12.5. The van der Waals surface area contributed by atoms with E-state index in [0.29, 0.717) is 17.3 Å². The first-order chi connectivity index (χ1) is 12.5. The molecule has 0 spiro atoms. The van der Waals surface area contributed by atoms with Crippen molar-refractivity contribution in [3.05, 3.63) is 59.8 Å². The molecule has 3 aromatic rings. The topological polar surface area (TPSA) is 95.1 Å². The summed E-state index contributed by atoms with van der Waals surface area (Å²) in [7, 11) is 1.59. The fraction of sp³-hybridized carbons (Fsp3) is 0.211. The van der Waals surface area contributed by atoms with Crippen molar-refractivity contribution in [3.63, 3.8) is 0 Å². The lowest BCUT2D eigenvalue weighted by Crippen LogP contribution is -2.15. The van der Waals surface area contributed by atoms with Crippen molar-refractivity contribution in [2.45, 2.75) is 19.8 Å². The lowest BCUT2D eigenvalue weighted by atomic mass is 10.0. The second kappa shape index (κ2) is 7.26. The normalized spacial score (nSPS) is 10.8. The Morgan fingerprint density at radius 1 is 1.12 bits per heavy atom. The van der Waals surface area contributed by atoms with Crippen molar-refractivity contribution in [1.29, 1.82) is 0 Å². The fourth-order valence-electron chi connectivity index (χ4n) is 2.51.